The zero-order valence-corrected chi connectivity index (χ0v) is 25.1. The van der Waals surface area contributed by atoms with Gasteiger partial charge in [0.15, 0.2) is 0 Å². The van der Waals surface area contributed by atoms with E-state index < -0.39 is 17.7 Å². The van der Waals surface area contributed by atoms with Gasteiger partial charge in [0.25, 0.3) is 17.6 Å². The van der Waals surface area contributed by atoms with Crippen LogP contribution in [-0.4, -0.2) is 115 Å². The third-order valence-electron chi connectivity index (χ3n) is 8.51. The summed E-state index contributed by atoms with van der Waals surface area (Å²) < 4.78 is 20.2. The Hall–Kier alpha value is -4.25. The Labute approximate surface area is 250 Å². The van der Waals surface area contributed by atoms with Crippen molar-refractivity contribution < 1.29 is 28.3 Å². The lowest BCUT2D eigenvalue weighted by atomic mass is 9.90. The second kappa shape index (κ2) is 12.5. The van der Waals surface area contributed by atoms with Gasteiger partial charge in [0.1, 0.15) is 11.6 Å². The fraction of sp³-hybridized carbons (Fsp3) is 0.438. The number of benzene rings is 2. The van der Waals surface area contributed by atoms with Crippen molar-refractivity contribution in [1.82, 2.24) is 24.2 Å². The molecule has 0 unspecified atom stereocenters. The lowest BCUT2D eigenvalue weighted by molar-refractivity contribution is -0.127. The molecule has 0 spiro atoms. The molecule has 2 aliphatic rings. The molecule has 2 fully saturated rings. The average molecular weight is 592 g/mol. The number of aromatic nitrogens is 1. The normalized spacial score (nSPS) is 16.4. The first-order valence-electron chi connectivity index (χ1n) is 14.6. The first kappa shape index (κ1) is 30.2. The molecule has 0 N–H and O–H groups in total. The van der Waals surface area contributed by atoms with E-state index in [-0.39, 0.29) is 28.6 Å². The van der Waals surface area contributed by atoms with Crippen LogP contribution in [0.25, 0.3) is 10.9 Å². The number of nitrogens with zero attached hydrogens (tertiary/aromatic N) is 5. The maximum Gasteiger partial charge on any atom is 0.328 e. The molecule has 3 amide bonds. The quantitative estimate of drug-likeness (QED) is 0.322. The van der Waals surface area contributed by atoms with Gasteiger partial charge in [0.2, 0.25) is 0 Å². The summed E-state index contributed by atoms with van der Waals surface area (Å²) >= 11 is 0. The van der Waals surface area contributed by atoms with Crippen LogP contribution in [0.4, 0.5) is 9.18 Å². The Morgan fingerprint density at radius 3 is 2.16 bits per heavy atom. The molecule has 5 rings (SSSR count). The zero-order chi connectivity index (χ0) is 30.8. The van der Waals surface area contributed by atoms with Crippen molar-refractivity contribution in [2.75, 3.05) is 67.5 Å². The van der Waals surface area contributed by atoms with E-state index in [0.717, 1.165) is 24.8 Å². The molecule has 0 atom stereocenters. The molecule has 2 saturated heterocycles. The smallest absolute Gasteiger partial charge is 0.328 e. The minimum absolute atomic E-state index is 0.0730. The van der Waals surface area contributed by atoms with Crippen LogP contribution in [0.1, 0.15) is 39.1 Å². The van der Waals surface area contributed by atoms with E-state index in [1.165, 1.54) is 39.8 Å². The van der Waals surface area contributed by atoms with Gasteiger partial charge in [0.05, 0.1) is 23.8 Å². The highest BCUT2D eigenvalue weighted by molar-refractivity contribution is 6.45. The average Bonchev–Trinajstić information content (AvgIpc) is 3.39. The molecular formula is C32H38FN5O5. The van der Waals surface area contributed by atoms with Gasteiger partial charge in [-0.05, 0) is 56.0 Å². The summed E-state index contributed by atoms with van der Waals surface area (Å²) in [6.45, 7) is 3.28. The van der Waals surface area contributed by atoms with Crippen molar-refractivity contribution in [2.45, 2.75) is 19.3 Å². The third-order valence-corrected chi connectivity index (χ3v) is 8.51. The van der Waals surface area contributed by atoms with Gasteiger partial charge in [-0.3, -0.25) is 19.0 Å². The van der Waals surface area contributed by atoms with Crippen LogP contribution in [0, 0.1) is 11.7 Å². The van der Waals surface area contributed by atoms with Crippen LogP contribution in [-0.2, 0) is 11.2 Å². The molecule has 1 aromatic heterocycles. The van der Waals surface area contributed by atoms with Crippen molar-refractivity contribution in [3.05, 3.63) is 65.1 Å². The second-order valence-corrected chi connectivity index (χ2v) is 11.7. The first-order chi connectivity index (χ1) is 20.6. The minimum Gasteiger partial charge on any atom is -0.496 e. The van der Waals surface area contributed by atoms with E-state index in [9.17, 15) is 23.6 Å². The van der Waals surface area contributed by atoms with Gasteiger partial charge < -0.3 is 24.3 Å². The molecule has 11 heteroatoms. The highest BCUT2D eigenvalue weighted by atomic mass is 19.1. The SMILES string of the molecule is COc1cc2c(cc1C(=O)N1CCC(Cc3ccc(F)cc3)CC1)c(C(=O)C(=O)N1CCN(C)CC1)cn2C(=O)N(C)C. The molecule has 2 aromatic carbocycles. The molecule has 0 aliphatic carbocycles. The molecule has 228 valence electrons. The fourth-order valence-electron chi connectivity index (χ4n) is 5.88. The monoisotopic (exact) mass is 591 g/mol. The highest BCUT2D eigenvalue weighted by Crippen LogP contribution is 2.33. The fourth-order valence-corrected chi connectivity index (χ4v) is 5.88. The van der Waals surface area contributed by atoms with Gasteiger partial charge >= 0.3 is 6.03 Å². The summed E-state index contributed by atoms with van der Waals surface area (Å²) in [5, 5.41) is 0.345. The summed E-state index contributed by atoms with van der Waals surface area (Å²) in [6, 6.07) is 9.29. The van der Waals surface area contributed by atoms with E-state index in [2.05, 4.69) is 4.90 Å². The first-order valence-corrected chi connectivity index (χ1v) is 14.6. The number of piperazine rings is 1. The Balaban J connectivity index is 1.43. The van der Waals surface area contributed by atoms with Crippen LogP contribution in [0.5, 0.6) is 5.75 Å². The summed E-state index contributed by atoms with van der Waals surface area (Å²) in [5.74, 6) is -1.20. The number of halogens is 1. The van der Waals surface area contributed by atoms with Crippen LogP contribution >= 0.6 is 0 Å². The van der Waals surface area contributed by atoms with Crippen LogP contribution in [0.2, 0.25) is 0 Å². The number of hydrogen-bond donors (Lipinski definition) is 0. The summed E-state index contributed by atoms with van der Waals surface area (Å²) in [5.41, 5.74) is 1.78. The number of carbonyl (C=O) groups is 4. The molecule has 10 nitrogen and oxygen atoms in total. The Morgan fingerprint density at radius 2 is 1.56 bits per heavy atom. The standard InChI is InChI=1S/C32H38FN5O5/c1-34(2)32(42)38-20-26(29(39)31(41)37-15-13-35(3)14-16-37)24-18-25(28(43-4)19-27(24)38)30(40)36-11-9-22(10-12-36)17-21-5-7-23(33)8-6-21/h5-8,18-20,22H,9-17H2,1-4H3. The van der Waals surface area contributed by atoms with E-state index in [4.69, 9.17) is 4.74 Å². The van der Waals surface area contributed by atoms with E-state index in [1.54, 1.807) is 43.3 Å². The molecule has 0 saturated carbocycles. The van der Waals surface area contributed by atoms with Crippen molar-refractivity contribution in [1.29, 1.82) is 0 Å². The number of Topliss-reactive ketones (excluding diaryl/α,β-unsaturated/α-hetero) is 1. The van der Waals surface area contributed by atoms with Gasteiger partial charge in [0, 0.05) is 71.0 Å². The Bertz CT molecular complexity index is 1530. The number of ketones is 1. The molecule has 43 heavy (non-hydrogen) atoms. The zero-order valence-electron chi connectivity index (χ0n) is 25.1. The molecule has 0 radical (unpaired) electrons. The maximum absolute atomic E-state index is 13.8. The van der Waals surface area contributed by atoms with Gasteiger partial charge in [-0.15, -0.1) is 0 Å². The Morgan fingerprint density at radius 1 is 0.907 bits per heavy atom. The largest absolute Gasteiger partial charge is 0.496 e. The summed E-state index contributed by atoms with van der Waals surface area (Å²) in [4.78, 5) is 60.5. The number of carbonyl (C=O) groups excluding carboxylic acids is 4. The number of methoxy groups -OCH3 is 1. The lowest BCUT2D eigenvalue weighted by Gasteiger charge is -2.32. The second-order valence-electron chi connectivity index (χ2n) is 11.7. The highest BCUT2D eigenvalue weighted by Gasteiger charge is 2.32. The maximum atomic E-state index is 13.8. The topological polar surface area (TPSA) is 95.4 Å². The van der Waals surface area contributed by atoms with E-state index >= 15 is 0 Å². The third kappa shape index (κ3) is 6.27. The van der Waals surface area contributed by atoms with E-state index in [0.29, 0.717) is 56.1 Å². The number of likely N-dealkylation sites (N-methyl/N-ethyl adjacent to an activating group) is 1. The van der Waals surface area contributed by atoms with Crippen molar-refractivity contribution >= 4 is 34.5 Å². The molecule has 3 heterocycles. The van der Waals surface area contributed by atoms with Crippen LogP contribution < -0.4 is 4.74 Å². The van der Waals surface area contributed by atoms with Crippen LogP contribution in [0.3, 0.4) is 0 Å². The molecule has 0 bridgehead atoms. The number of piperidine rings is 1. The number of fused-ring (bicyclic) bond motifs is 1. The van der Waals surface area contributed by atoms with Crippen LogP contribution in [0.15, 0.2) is 42.6 Å². The predicted octanol–water partition coefficient (Wildman–Crippen LogP) is 3.37. The number of hydrogen-bond acceptors (Lipinski definition) is 6. The van der Waals surface area contributed by atoms with Gasteiger partial charge in [-0.1, -0.05) is 12.1 Å². The van der Waals surface area contributed by atoms with Gasteiger partial charge in [-0.25, -0.2) is 9.18 Å². The number of likely N-dealkylation sites (tertiary alicyclic amines) is 1. The van der Waals surface area contributed by atoms with Crippen molar-refractivity contribution in [3.63, 3.8) is 0 Å². The Kier molecular flexibility index (Phi) is 8.82. The lowest BCUT2D eigenvalue weighted by Crippen LogP contribution is -2.49. The molecule has 3 aromatic rings. The van der Waals surface area contributed by atoms with Gasteiger partial charge in [-0.2, -0.15) is 0 Å². The van der Waals surface area contributed by atoms with Crippen molar-refractivity contribution in [2.24, 2.45) is 5.92 Å². The molecular weight excluding hydrogens is 553 g/mol. The number of amides is 3. The summed E-state index contributed by atoms with van der Waals surface area (Å²) in [7, 11) is 6.61. The van der Waals surface area contributed by atoms with Crippen molar-refractivity contribution in [3.8, 4) is 5.75 Å². The predicted molar refractivity (Wildman–Crippen MR) is 160 cm³/mol. The number of rotatable bonds is 6. The number of ether oxygens (including phenoxy) is 1. The molecule has 2 aliphatic heterocycles. The van der Waals surface area contributed by atoms with E-state index in [1.807, 2.05) is 7.05 Å². The minimum atomic E-state index is -0.718. The summed E-state index contributed by atoms with van der Waals surface area (Å²) in [6.07, 6.45) is 3.80.